The van der Waals surface area contributed by atoms with Crippen molar-refractivity contribution in [3.63, 3.8) is 0 Å². The summed E-state index contributed by atoms with van der Waals surface area (Å²) in [7, 11) is 1.72. The molecule has 1 unspecified atom stereocenters. The number of fused-ring (bicyclic) bond motifs is 8. The standard InChI is InChI=1S/C50H49NO3/c1-5-25-49(26-6-2)45-33-36(35-10-8-7-9-11-35)13-23-42(45)46-44-32-34(3)12-22-41(44)48-43(47(46)49)24-27-50(54-48,38-16-20-40(52-4)21-17-38)37-14-18-39(19-15-37)51-28-30-53-31-29-51/h7-24,27,32-33H,5-6,25-26,28-31H2,1-4H3. The van der Waals surface area contributed by atoms with Crippen LogP contribution in [0.2, 0.25) is 0 Å². The van der Waals surface area contributed by atoms with E-state index in [2.05, 4.69) is 141 Å². The second-order valence-corrected chi connectivity index (χ2v) is 15.3. The number of nitrogens with zero attached hydrogens (tertiary/aromatic N) is 1. The molecule has 6 aromatic carbocycles. The first-order valence-corrected chi connectivity index (χ1v) is 19.8. The van der Waals surface area contributed by atoms with E-state index >= 15 is 0 Å². The molecule has 1 atom stereocenters. The first-order chi connectivity index (χ1) is 26.5. The Labute approximate surface area is 320 Å². The zero-order valence-electron chi connectivity index (χ0n) is 32.0. The quantitative estimate of drug-likeness (QED) is 0.149. The number of ether oxygens (including phenoxy) is 3. The molecule has 9 rings (SSSR count). The van der Waals surface area contributed by atoms with Crippen LogP contribution in [0, 0.1) is 6.92 Å². The SMILES string of the molecule is CCCC1(CCC)c2cc(-c3ccccc3)ccc2-c2c1c1c(c3ccc(C)cc23)OC(c2ccc(OC)cc2)(c2ccc(N3CCOCC3)cc2)C=C1. The minimum atomic E-state index is -0.848. The number of methoxy groups -OCH3 is 1. The largest absolute Gasteiger partial charge is 0.497 e. The maximum Gasteiger partial charge on any atom is 0.178 e. The molecule has 2 aliphatic heterocycles. The molecule has 1 fully saturated rings. The molecule has 4 heteroatoms. The Hall–Kier alpha value is -5.32. The smallest absolute Gasteiger partial charge is 0.178 e. The fourth-order valence-corrected chi connectivity index (χ4v) is 9.69. The van der Waals surface area contributed by atoms with Gasteiger partial charge in [-0.2, -0.15) is 0 Å². The summed E-state index contributed by atoms with van der Waals surface area (Å²) in [5, 5.41) is 2.43. The molecule has 6 aromatic rings. The van der Waals surface area contributed by atoms with Gasteiger partial charge in [-0.15, -0.1) is 0 Å². The first-order valence-electron chi connectivity index (χ1n) is 19.8. The molecule has 0 bridgehead atoms. The summed E-state index contributed by atoms with van der Waals surface area (Å²) >= 11 is 0. The molecule has 4 nitrogen and oxygen atoms in total. The van der Waals surface area contributed by atoms with Gasteiger partial charge in [-0.1, -0.05) is 123 Å². The van der Waals surface area contributed by atoms with E-state index in [1.165, 1.54) is 55.6 Å². The van der Waals surface area contributed by atoms with Crippen molar-refractivity contribution in [3.05, 3.63) is 155 Å². The van der Waals surface area contributed by atoms with Crippen molar-refractivity contribution >= 4 is 22.5 Å². The van der Waals surface area contributed by atoms with Gasteiger partial charge in [0.15, 0.2) is 5.60 Å². The average Bonchev–Trinajstić information content (AvgIpc) is 3.50. The van der Waals surface area contributed by atoms with Gasteiger partial charge in [0, 0.05) is 46.3 Å². The van der Waals surface area contributed by atoms with Crippen LogP contribution in [-0.2, 0) is 15.8 Å². The number of aryl methyl sites for hydroxylation is 1. The van der Waals surface area contributed by atoms with Gasteiger partial charge in [0.25, 0.3) is 0 Å². The van der Waals surface area contributed by atoms with Crippen LogP contribution < -0.4 is 14.4 Å². The highest BCUT2D eigenvalue weighted by molar-refractivity contribution is 6.09. The molecule has 272 valence electrons. The summed E-state index contributed by atoms with van der Waals surface area (Å²) in [6, 6.07) is 42.4. The molecule has 0 aromatic heterocycles. The highest BCUT2D eigenvalue weighted by Gasteiger charge is 2.47. The van der Waals surface area contributed by atoms with E-state index in [9.17, 15) is 0 Å². The van der Waals surface area contributed by atoms with Crippen LogP contribution in [0.25, 0.3) is 39.1 Å². The third-order valence-electron chi connectivity index (χ3n) is 12.1. The van der Waals surface area contributed by atoms with Crippen LogP contribution in [0.4, 0.5) is 5.69 Å². The molecule has 1 saturated heterocycles. The third kappa shape index (κ3) is 5.45. The Balaban J connectivity index is 1.29. The van der Waals surface area contributed by atoms with Gasteiger partial charge in [0.2, 0.25) is 0 Å². The van der Waals surface area contributed by atoms with Crippen molar-refractivity contribution in [2.24, 2.45) is 0 Å². The lowest BCUT2D eigenvalue weighted by atomic mass is 9.69. The molecule has 0 amide bonds. The monoisotopic (exact) mass is 711 g/mol. The highest BCUT2D eigenvalue weighted by atomic mass is 16.5. The van der Waals surface area contributed by atoms with E-state index in [1.807, 2.05) is 12.1 Å². The van der Waals surface area contributed by atoms with Gasteiger partial charge in [-0.3, -0.25) is 0 Å². The van der Waals surface area contributed by atoms with Gasteiger partial charge in [0.05, 0.1) is 20.3 Å². The Morgan fingerprint density at radius 1 is 0.722 bits per heavy atom. The first kappa shape index (κ1) is 34.4. The number of hydrogen-bond donors (Lipinski definition) is 0. The van der Waals surface area contributed by atoms with Crippen molar-refractivity contribution < 1.29 is 14.2 Å². The zero-order valence-corrected chi connectivity index (χ0v) is 32.0. The van der Waals surface area contributed by atoms with Gasteiger partial charge >= 0.3 is 0 Å². The third-order valence-corrected chi connectivity index (χ3v) is 12.1. The van der Waals surface area contributed by atoms with Crippen molar-refractivity contribution in [2.45, 2.75) is 57.5 Å². The number of benzene rings is 6. The van der Waals surface area contributed by atoms with Crippen LogP contribution in [0.3, 0.4) is 0 Å². The number of morpholine rings is 1. The van der Waals surface area contributed by atoms with E-state index in [0.717, 1.165) is 80.0 Å². The lowest BCUT2D eigenvalue weighted by Gasteiger charge is -2.40. The molecule has 3 aliphatic rings. The normalized spacial score (nSPS) is 18.2. The van der Waals surface area contributed by atoms with Crippen LogP contribution in [0.5, 0.6) is 11.5 Å². The lowest BCUT2D eigenvalue weighted by Crippen LogP contribution is -2.37. The minimum absolute atomic E-state index is 0.144. The van der Waals surface area contributed by atoms with Gasteiger partial charge in [0.1, 0.15) is 11.5 Å². The number of rotatable bonds is 9. The lowest BCUT2D eigenvalue weighted by molar-refractivity contribution is 0.122. The summed E-state index contributed by atoms with van der Waals surface area (Å²) in [5.41, 5.74) is 13.0. The highest BCUT2D eigenvalue weighted by Crippen LogP contribution is 2.61. The molecular formula is C50H49NO3. The fourth-order valence-electron chi connectivity index (χ4n) is 9.69. The summed E-state index contributed by atoms with van der Waals surface area (Å²) in [5.74, 6) is 1.79. The minimum Gasteiger partial charge on any atom is -0.497 e. The summed E-state index contributed by atoms with van der Waals surface area (Å²) in [4.78, 5) is 2.40. The second kappa shape index (κ2) is 13.8. The average molecular weight is 712 g/mol. The van der Waals surface area contributed by atoms with E-state index < -0.39 is 5.60 Å². The number of anilines is 1. The molecule has 0 N–H and O–H groups in total. The van der Waals surface area contributed by atoms with E-state index in [1.54, 1.807) is 7.11 Å². The fraction of sp³-hybridized carbons (Fsp3) is 0.280. The molecule has 54 heavy (non-hydrogen) atoms. The van der Waals surface area contributed by atoms with Crippen molar-refractivity contribution in [1.82, 2.24) is 0 Å². The van der Waals surface area contributed by atoms with Gasteiger partial charge < -0.3 is 19.1 Å². The summed E-state index contributed by atoms with van der Waals surface area (Å²) in [6.07, 6.45) is 9.05. The van der Waals surface area contributed by atoms with Crippen molar-refractivity contribution in [3.8, 4) is 33.8 Å². The van der Waals surface area contributed by atoms with Crippen LogP contribution in [0.15, 0.2) is 121 Å². The van der Waals surface area contributed by atoms with E-state index in [-0.39, 0.29) is 5.41 Å². The van der Waals surface area contributed by atoms with Crippen LogP contribution in [0.1, 0.15) is 72.9 Å². The molecular weight excluding hydrogens is 663 g/mol. The predicted molar refractivity (Wildman–Crippen MR) is 223 cm³/mol. The molecule has 1 aliphatic carbocycles. The van der Waals surface area contributed by atoms with Crippen LogP contribution >= 0.6 is 0 Å². The van der Waals surface area contributed by atoms with Gasteiger partial charge in [-0.25, -0.2) is 0 Å². The Morgan fingerprint density at radius 3 is 2.11 bits per heavy atom. The predicted octanol–water partition coefficient (Wildman–Crippen LogP) is 11.9. The van der Waals surface area contributed by atoms with Crippen molar-refractivity contribution in [1.29, 1.82) is 0 Å². The Kier molecular flexibility index (Phi) is 8.82. The van der Waals surface area contributed by atoms with Crippen molar-refractivity contribution in [2.75, 3.05) is 38.3 Å². The van der Waals surface area contributed by atoms with E-state index in [0.29, 0.717) is 0 Å². The molecule has 0 saturated carbocycles. The maximum absolute atomic E-state index is 7.71. The zero-order chi connectivity index (χ0) is 36.9. The van der Waals surface area contributed by atoms with E-state index in [4.69, 9.17) is 14.2 Å². The molecule has 2 heterocycles. The Morgan fingerprint density at radius 2 is 1.43 bits per heavy atom. The Bertz CT molecular complexity index is 2350. The number of hydrogen-bond acceptors (Lipinski definition) is 4. The summed E-state index contributed by atoms with van der Waals surface area (Å²) < 4.78 is 19.0. The summed E-state index contributed by atoms with van der Waals surface area (Å²) in [6.45, 7) is 10.2. The molecule has 0 spiro atoms. The maximum atomic E-state index is 7.71. The van der Waals surface area contributed by atoms with Crippen LogP contribution in [-0.4, -0.2) is 33.4 Å². The topological polar surface area (TPSA) is 30.9 Å². The van der Waals surface area contributed by atoms with Gasteiger partial charge in [-0.05, 0) is 94.9 Å². The second-order valence-electron chi connectivity index (χ2n) is 15.3. The molecule has 0 radical (unpaired) electrons.